The van der Waals surface area contributed by atoms with Gasteiger partial charge in [-0.3, -0.25) is 9.59 Å². The number of hydrogen-bond donors (Lipinski definition) is 1. The minimum Gasteiger partial charge on any atom is -0.396 e. The summed E-state index contributed by atoms with van der Waals surface area (Å²) in [4.78, 5) is 25.6. The van der Waals surface area contributed by atoms with E-state index in [9.17, 15) is 9.59 Å². The van der Waals surface area contributed by atoms with E-state index in [0.29, 0.717) is 24.3 Å². The van der Waals surface area contributed by atoms with Crippen LogP contribution in [0.5, 0.6) is 0 Å². The second kappa shape index (κ2) is 5.49. The zero-order valence-corrected chi connectivity index (χ0v) is 11.3. The molecule has 1 aliphatic rings. The zero-order chi connectivity index (χ0) is 14.8. The molecule has 2 aromatic rings. The van der Waals surface area contributed by atoms with Gasteiger partial charge in [0.25, 0.3) is 5.56 Å². The number of benzene rings is 1. The molecule has 6 heteroatoms. The molecule has 1 saturated heterocycles. The number of amides is 1. The molecular formula is C15H15N3O3. The number of para-hydroxylation sites is 1. The largest absolute Gasteiger partial charge is 0.396 e. The molecular weight excluding hydrogens is 270 g/mol. The molecule has 1 aromatic heterocycles. The molecule has 21 heavy (non-hydrogen) atoms. The smallest absolute Gasteiger partial charge is 0.273 e. The van der Waals surface area contributed by atoms with Gasteiger partial charge in [-0.15, -0.1) is 0 Å². The highest BCUT2D eigenvalue weighted by atomic mass is 16.3. The summed E-state index contributed by atoms with van der Waals surface area (Å²) < 4.78 is 1.29. The quantitative estimate of drug-likeness (QED) is 0.895. The lowest BCUT2D eigenvalue weighted by Gasteiger charge is -2.16. The number of anilines is 1. The third-order valence-corrected chi connectivity index (χ3v) is 3.56. The number of rotatable bonds is 3. The first kappa shape index (κ1) is 13.5. The Bertz CT molecular complexity index is 712. The normalized spacial score (nSPS) is 18.2. The van der Waals surface area contributed by atoms with Gasteiger partial charge in [0.2, 0.25) is 5.91 Å². The van der Waals surface area contributed by atoms with Crippen LogP contribution in [-0.2, 0) is 4.79 Å². The van der Waals surface area contributed by atoms with E-state index < -0.39 is 0 Å². The van der Waals surface area contributed by atoms with Gasteiger partial charge in [-0.2, -0.15) is 9.78 Å². The third kappa shape index (κ3) is 2.57. The second-order valence-electron chi connectivity index (χ2n) is 5.06. The maximum Gasteiger partial charge on any atom is 0.273 e. The molecule has 0 bridgehead atoms. The SMILES string of the molecule is O=C1CC(CO)CN1c1cnn(-c2ccccc2)c(=O)c1. The highest BCUT2D eigenvalue weighted by molar-refractivity contribution is 5.95. The topological polar surface area (TPSA) is 75.4 Å². The molecule has 1 aliphatic heterocycles. The fraction of sp³-hybridized carbons (Fsp3) is 0.267. The maximum atomic E-state index is 12.2. The van der Waals surface area contributed by atoms with E-state index in [1.54, 1.807) is 12.1 Å². The summed E-state index contributed by atoms with van der Waals surface area (Å²) in [6, 6.07) is 10.5. The minimum atomic E-state index is -0.293. The Balaban J connectivity index is 1.92. The fourth-order valence-corrected chi connectivity index (χ4v) is 2.46. The Kier molecular flexibility index (Phi) is 3.53. The molecule has 1 atom stereocenters. The van der Waals surface area contributed by atoms with Crippen molar-refractivity contribution in [3.8, 4) is 5.69 Å². The minimum absolute atomic E-state index is 0.0310. The van der Waals surface area contributed by atoms with Crippen molar-refractivity contribution in [2.45, 2.75) is 6.42 Å². The third-order valence-electron chi connectivity index (χ3n) is 3.56. The molecule has 1 fully saturated rings. The number of nitrogens with zero attached hydrogens (tertiary/aromatic N) is 3. The van der Waals surface area contributed by atoms with Crippen LogP contribution < -0.4 is 10.5 Å². The molecule has 0 radical (unpaired) electrons. The average molecular weight is 285 g/mol. The molecule has 1 N–H and O–H groups in total. The van der Waals surface area contributed by atoms with Crippen LogP contribution in [0.3, 0.4) is 0 Å². The highest BCUT2D eigenvalue weighted by Crippen LogP contribution is 2.23. The van der Waals surface area contributed by atoms with Gasteiger partial charge in [0.05, 0.1) is 17.6 Å². The van der Waals surface area contributed by atoms with Crippen molar-refractivity contribution in [3.05, 3.63) is 52.9 Å². The predicted molar refractivity (Wildman–Crippen MR) is 77.4 cm³/mol. The van der Waals surface area contributed by atoms with Gasteiger partial charge in [-0.1, -0.05) is 18.2 Å². The average Bonchev–Trinajstić information content (AvgIpc) is 2.89. The molecule has 3 rings (SSSR count). The number of aromatic nitrogens is 2. The van der Waals surface area contributed by atoms with Crippen molar-refractivity contribution >= 4 is 11.6 Å². The Morgan fingerprint density at radius 1 is 1.19 bits per heavy atom. The molecule has 6 nitrogen and oxygen atoms in total. The number of aliphatic hydroxyl groups is 1. The molecule has 108 valence electrons. The monoisotopic (exact) mass is 285 g/mol. The fourth-order valence-electron chi connectivity index (χ4n) is 2.46. The molecule has 1 aromatic carbocycles. The lowest BCUT2D eigenvalue weighted by atomic mass is 10.1. The van der Waals surface area contributed by atoms with Crippen LogP contribution in [0.25, 0.3) is 5.69 Å². The van der Waals surface area contributed by atoms with Gasteiger partial charge < -0.3 is 10.0 Å². The van der Waals surface area contributed by atoms with Crippen molar-refractivity contribution in [2.75, 3.05) is 18.1 Å². The van der Waals surface area contributed by atoms with Crippen molar-refractivity contribution in [1.29, 1.82) is 0 Å². The van der Waals surface area contributed by atoms with Gasteiger partial charge >= 0.3 is 0 Å². The molecule has 1 amide bonds. The summed E-state index contributed by atoms with van der Waals surface area (Å²) in [7, 11) is 0. The van der Waals surface area contributed by atoms with Crippen molar-refractivity contribution in [1.82, 2.24) is 9.78 Å². The summed E-state index contributed by atoms with van der Waals surface area (Å²) in [5.41, 5.74) is 0.863. The Morgan fingerprint density at radius 2 is 1.95 bits per heavy atom. The summed E-state index contributed by atoms with van der Waals surface area (Å²) in [5.74, 6) is -0.165. The molecule has 1 unspecified atom stereocenters. The first-order valence-corrected chi connectivity index (χ1v) is 6.75. The Hall–Kier alpha value is -2.47. The van der Waals surface area contributed by atoms with E-state index in [2.05, 4.69) is 5.10 Å². The number of hydrogen-bond acceptors (Lipinski definition) is 4. The predicted octanol–water partition coefficient (Wildman–Crippen LogP) is 0.578. The van der Waals surface area contributed by atoms with Gasteiger partial charge in [0, 0.05) is 31.6 Å². The lowest BCUT2D eigenvalue weighted by molar-refractivity contribution is -0.117. The summed E-state index contributed by atoms with van der Waals surface area (Å²) >= 11 is 0. The highest BCUT2D eigenvalue weighted by Gasteiger charge is 2.30. The number of carbonyl (C=O) groups is 1. The second-order valence-corrected chi connectivity index (χ2v) is 5.06. The number of aliphatic hydroxyl groups excluding tert-OH is 1. The van der Waals surface area contributed by atoms with Gasteiger partial charge in [-0.05, 0) is 12.1 Å². The van der Waals surface area contributed by atoms with Crippen LogP contribution in [0.1, 0.15) is 6.42 Å². The van der Waals surface area contributed by atoms with Gasteiger partial charge in [0.1, 0.15) is 0 Å². The van der Waals surface area contributed by atoms with Crippen molar-refractivity contribution in [3.63, 3.8) is 0 Å². The maximum absolute atomic E-state index is 12.2. The van der Waals surface area contributed by atoms with E-state index in [0.717, 1.165) is 0 Å². The molecule has 2 heterocycles. The standard InChI is InChI=1S/C15H15N3O3/c19-10-11-6-14(20)17(9-11)13-7-15(21)18(16-8-13)12-4-2-1-3-5-12/h1-5,7-8,11,19H,6,9-10H2. The van der Waals surface area contributed by atoms with E-state index in [1.165, 1.54) is 21.8 Å². The van der Waals surface area contributed by atoms with Gasteiger partial charge in [-0.25, -0.2) is 0 Å². The Labute approximate surface area is 121 Å². The van der Waals surface area contributed by atoms with Crippen LogP contribution in [0.15, 0.2) is 47.4 Å². The van der Waals surface area contributed by atoms with Crippen LogP contribution in [0.4, 0.5) is 5.69 Å². The first-order chi connectivity index (χ1) is 10.2. The molecule has 0 spiro atoms. The zero-order valence-electron chi connectivity index (χ0n) is 11.3. The summed E-state index contributed by atoms with van der Waals surface area (Å²) in [6.45, 7) is 0.391. The van der Waals surface area contributed by atoms with E-state index in [4.69, 9.17) is 5.11 Å². The van der Waals surface area contributed by atoms with Gasteiger partial charge in [0.15, 0.2) is 0 Å². The lowest BCUT2D eigenvalue weighted by Crippen LogP contribution is -2.28. The van der Waals surface area contributed by atoms with Crippen LogP contribution in [0.2, 0.25) is 0 Å². The first-order valence-electron chi connectivity index (χ1n) is 6.75. The van der Waals surface area contributed by atoms with Crippen LogP contribution in [0, 0.1) is 5.92 Å². The number of carbonyl (C=O) groups excluding carboxylic acids is 1. The van der Waals surface area contributed by atoms with E-state index in [-0.39, 0.29) is 24.0 Å². The van der Waals surface area contributed by atoms with E-state index >= 15 is 0 Å². The van der Waals surface area contributed by atoms with Crippen LogP contribution >= 0.6 is 0 Å². The van der Waals surface area contributed by atoms with Crippen LogP contribution in [-0.4, -0.2) is 33.9 Å². The summed E-state index contributed by atoms with van der Waals surface area (Å²) in [6.07, 6.45) is 1.81. The Morgan fingerprint density at radius 3 is 2.57 bits per heavy atom. The van der Waals surface area contributed by atoms with E-state index in [1.807, 2.05) is 18.2 Å². The molecule has 0 saturated carbocycles. The van der Waals surface area contributed by atoms with Crippen molar-refractivity contribution < 1.29 is 9.90 Å². The molecule has 0 aliphatic carbocycles. The summed E-state index contributed by atoms with van der Waals surface area (Å²) in [5, 5.41) is 13.3. The van der Waals surface area contributed by atoms with Crippen molar-refractivity contribution in [2.24, 2.45) is 5.92 Å².